The summed E-state index contributed by atoms with van der Waals surface area (Å²) in [5.74, 6) is -3.18. The van der Waals surface area contributed by atoms with E-state index in [0.717, 1.165) is 51.4 Å². The van der Waals surface area contributed by atoms with Gasteiger partial charge in [0.25, 0.3) is 0 Å². The third-order valence-electron chi connectivity index (χ3n) is 11.9. The summed E-state index contributed by atoms with van der Waals surface area (Å²) in [6.45, 7) is 2.50. The summed E-state index contributed by atoms with van der Waals surface area (Å²) in [5.41, 5.74) is 5.34. The zero-order chi connectivity index (χ0) is 46.6. The molecule has 1 aliphatic rings. The second kappa shape index (κ2) is 38.0. The van der Waals surface area contributed by atoms with E-state index in [2.05, 4.69) is 18.4 Å². The number of Topliss-reactive ketones (excluding diaryl/α,β-unsaturated/α-hetero) is 1. The molecule has 0 aromatic carbocycles. The Kier molecular flexibility index (Phi) is 35.5. The molecule has 0 aromatic rings. The van der Waals surface area contributed by atoms with Crippen molar-refractivity contribution in [3.8, 4) is 0 Å². The Morgan fingerprint density at radius 3 is 1.68 bits per heavy atom. The lowest BCUT2D eigenvalue weighted by molar-refractivity contribution is -0.161. The minimum atomic E-state index is -4.77. The molecule has 1 rings (SSSR count). The summed E-state index contributed by atoms with van der Waals surface area (Å²) in [6, 6.07) is -1.56. The number of carbonyl (C=O) groups is 4. The number of unbranched alkanes of at least 4 members (excludes halogenated alkanes) is 23. The van der Waals surface area contributed by atoms with Crippen LogP contribution in [0.2, 0.25) is 0 Å². The van der Waals surface area contributed by atoms with Crippen molar-refractivity contribution in [2.24, 2.45) is 17.6 Å². The molecule has 63 heavy (non-hydrogen) atoms. The highest BCUT2D eigenvalue weighted by Gasteiger charge is 2.39. The number of carboxylic acid groups (broad SMARTS) is 1. The average Bonchev–Trinajstić information content (AvgIpc) is 3.52. The maximum atomic E-state index is 12.7. The Morgan fingerprint density at radius 1 is 0.698 bits per heavy atom. The number of nitrogens with two attached hydrogens (primary N) is 1. The lowest BCUT2D eigenvalue weighted by Crippen LogP contribution is -2.34. The topological polar surface area (TPSA) is 229 Å². The van der Waals surface area contributed by atoms with Gasteiger partial charge in [-0.3, -0.25) is 28.2 Å². The Labute approximate surface area is 379 Å². The van der Waals surface area contributed by atoms with Crippen molar-refractivity contribution < 1.29 is 62.5 Å². The van der Waals surface area contributed by atoms with Gasteiger partial charge in [0.2, 0.25) is 0 Å². The molecule has 14 nitrogen and oxygen atoms in total. The van der Waals surface area contributed by atoms with Gasteiger partial charge in [-0.25, -0.2) is 4.57 Å². The van der Waals surface area contributed by atoms with Crippen molar-refractivity contribution in [2.45, 2.75) is 237 Å². The van der Waals surface area contributed by atoms with Gasteiger partial charge in [0.05, 0.1) is 25.4 Å². The Balaban J connectivity index is 2.38. The van der Waals surface area contributed by atoms with Crippen LogP contribution in [0.5, 0.6) is 0 Å². The number of allylic oxidation sites excluding steroid dienone is 1. The zero-order valence-corrected chi connectivity index (χ0v) is 40.0. The first kappa shape index (κ1) is 58.8. The van der Waals surface area contributed by atoms with Gasteiger partial charge >= 0.3 is 25.7 Å². The smallest absolute Gasteiger partial charge is 0.472 e. The molecule has 1 saturated carbocycles. The molecule has 0 amide bonds. The van der Waals surface area contributed by atoms with Gasteiger partial charge < -0.3 is 35.4 Å². The van der Waals surface area contributed by atoms with Crippen molar-refractivity contribution in [3.05, 3.63) is 12.2 Å². The first-order valence-electron chi connectivity index (χ1n) is 24.8. The molecule has 0 aromatic heterocycles. The van der Waals surface area contributed by atoms with Gasteiger partial charge in [0, 0.05) is 25.2 Å². The van der Waals surface area contributed by atoms with Crippen molar-refractivity contribution in [3.63, 3.8) is 0 Å². The van der Waals surface area contributed by atoms with Crippen LogP contribution in [-0.4, -0.2) is 88.1 Å². The quantitative estimate of drug-likeness (QED) is 0.0166. The van der Waals surface area contributed by atoms with Crippen molar-refractivity contribution in [1.82, 2.24) is 0 Å². The SMILES string of the molecule is CCCCCCCCCCCCCCCCCCCCCC(=O)O[C@H](COC(=O)CCCCCC[C@H]1[C@@H](O)CC(=O)[C@@H]1/C=C/[C@@H](O)CCCCC)COP(=O)(O)OC[C@H](N)C(=O)O. The number of carboxylic acids is 1. The number of ether oxygens (including phenoxy) is 2. The van der Waals surface area contributed by atoms with E-state index in [-0.39, 0.29) is 31.0 Å². The zero-order valence-electron chi connectivity index (χ0n) is 39.1. The molecule has 0 heterocycles. The molecule has 0 radical (unpaired) electrons. The highest BCUT2D eigenvalue weighted by atomic mass is 31.2. The number of hydrogen-bond donors (Lipinski definition) is 5. The standard InChI is InChI=1S/C48H88NO13P/c1-3-5-7-8-9-10-11-12-13-14-15-16-17-18-19-20-21-22-28-32-47(54)62-40(37-60-63(57,58)61-38-43(49)48(55)56)36-59-46(53)31-27-24-23-26-30-41-42(45(52)35-44(41)51)34-33-39(50)29-25-6-4-2/h33-34,39-44,50-51H,3-32,35-38,49H2,1-2H3,(H,55,56)(H,57,58)/b34-33+/t39-,40+,41+,42+,43-,44-/m0/s1. The van der Waals surface area contributed by atoms with Crippen LogP contribution in [0, 0.1) is 11.8 Å². The van der Waals surface area contributed by atoms with E-state index in [1.807, 2.05) is 0 Å². The number of phosphoric acid groups is 1. The number of aliphatic hydroxyl groups excluding tert-OH is 2. The molecule has 0 aliphatic heterocycles. The van der Waals surface area contributed by atoms with Crippen LogP contribution >= 0.6 is 7.82 Å². The van der Waals surface area contributed by atoms with Gasteiger partial charge in [-0.15, -0.1) is 0 Å². The number of rotatable bonds is 43. The van der Waals surface area contributed by atoms with Gasteiger partial charge in [-0.05, 0) is 31.6 Å². The Morgan fingerprint density at radius 2 is 1.16 bits per heavy atom. The summed E-state index contributed by atoms with van der Waals surface area (Å²) < 4.78 is 32.8. The predicted molar refractivity (Wildman–Crippen MR) is 246 cm³/mol. The monoisotopic (exact) mass is 918 g/mol. The van der Waals surface area contributed by atoms with Gasteiger partial charge in [0.15, 0.2) is 6.10 Å². The maximum absolute atomic E-state index is 12.7. The average molecular weight is 918 g/mol. The molecular formula is C48H88NO13P. The predicted octanol–water partition coefficient (Wildman–Crippen LogP) is 10.2. The molecule has 368 valence electrons. The summed E-state index contributed by atoms with van der Waals surface area (Å²) in [5, 5.41) is 29.7. The molecule has 6 N–H and O–H groups in total. The Hall–Kier alpha value is -2.19. The van der Waals surface area contributed by atoms with E-state index in [4.69, 9.17) is 24.8 Å². The molecule has 1 aliphatic carbocycles. The number of aliphatic hydroxyl groups is 2. The van der Waals surface area contributed by atoms with E-state index >= 15 is 0 Å². The molecule has 15 heteroatoms. The number of aliphatic carboxylic acids is 1. The molecular weight excluding hydrogens is 829 g/mol. The van der Waals surface area contributed by atoms with Gasteiger partial charge in [-0.2, -0.15) is 0 Å². The van der Waals surface area contributed by atoms with Crippen LogP contribution < -0.4 is 5.73 Å². The fourth-order valence-corrected chi connectivity index (χ4v) is 8.75. The fourth-order valence-electron chi connectivity index (χ4n) is 7.97. The molecule has 0 spiro atoms. The minimum Gasteiger partial charge on any atom is -0.480 e. The third-order valence-corrected chi connectivity index (χ3v) is 12.9. The normalized spacial score (nSPS) is 19.0. The van der Waals surface area contributed by atoms with Gasteiger partial charge in [0.1, 0.15) is 18.4 Å². The third kappa shape index (κ3) is 32.2. The largest absolute Gasteiger partial charge is 0.480 e. The summed E-state index contributed by atoms with van der Waals surface area (Å²) >= 11 is 0. The lowest BCUT2D eigenvalue weighted by atomic mass is 9.88. The molecule has 7 atom stereocenters. The molecule has 0 saturated heterocycles. The summed E-state index contributed by atoms with van der Waals surface area (Å²) in [6.07, 6.45) is 31.8. The number of phosphoric ester groups is 1. The van der Waals surface area contributed by atoms with Crippen molar-refractivity contribution in [2.75, 3.05) is 19.8 Å². The van der Waals surface area contributed by atoms with E-state index in [1.54, 1.807) is 12.2 Å². The number of esters is 2. The second-order valence-electron chi connectivity index (χ2n) is 17.7. The van der Waals surface area contributed by atoms with Crippen LogP contribution in [0.3, 0.4) is 0 Å². The summed E-state index contributed by atoms with van der Waals surface area (Å²) in [7, 11) is -4.77. The highest BCUT2D eigenvalue weighted by Crippen LogP contribution is 2.43. The highest BCUT2D eigenvalue weighted by molar-refractivity contribution is 7.47. The van der Waals surface area contributed by atoms with E-state index in [9.17, 15) is 38.8 Å². The fraction of sp³-hybridized carbons (Fsp3) is 0.875. The van der Waals surface area contributed by atoms with E-state index in [0.29, 0.717) is 32.1 Å². The van der Waals surface area contributed by atoms with Crippen LogP contribution in [0.25, 0.3) is 0 Å². The molecule has 1 fully saturated rings. The van der Waals surface area contributed by atoms with Crippen LogP contribution in [0.15, 0.2) is 12.2 Å². The number of carbonyl (C=O) groups excluding carboxylic acids is 3. The first-order valence-corrected chi connectivity index (χ1v) is 26.3. The van der Waals surface area contributed by atoms with Crippen molar-refractivity contribution >= 4 is 31.5 Å². The Bertz CT molecular complexity index is 1280. The number of hydrogen-bond acceptors (Lipinski definition) is 12. The lowest BCUT2D eigenvalue weighted by Gasteiger charge is -2.20. The van der Waals surface area contributed by atoms with Crippen LogP contribution in [-0.2, 0) is 42.3 Å². The number of ketones is 1. The first-order chi connectivity index (χ1) is 30.3. The van der Waals surface area contributed by atoms with Crippen molar-refractivity contribution in [1.29, 1.82) is 0 Å². The summed E-state index contributed by atoms with van der Waals surface area (Å²) in [4.78, 5) is 58.9. The maximum Gasteiger partial charge on any atom is 0.472 e. The van der Waals surface area contributed by atoms with E-state index in [1.165, 1.54) is 96.3 Å². The molecule has 1 unspecified atom stereocenters. The van der Waals surface area contributed by atoms with Crippen LogP contribution in [0.1, 0.15) is 213 Å². The second-order valence-corrected chi connectivity index (χ2v) is 19.2. The minimum absolute atomic E-state index is 0.0147. The van der Waals surface area contributed by atoms with Crippen LogP contribution in [0.4, 0.5) is 0 Å². The van der Waals surface area contributed by atoms with Gasteiger partial charge in [-0.1, -0.05) is 180 Å². The van der Waals surface area contributed by atoms with E-state index < -0.39 is 75.8 Å². The molecule has 0 bridgehead atoms.